The van der Waals surface area contributed by atoms with E-state index in [1.807, 2.05) is 25.2 Å². The second kappa shape index (κ2) is 9.18. The summed E-state index contributed by atoms with van der Waals surface area (Å²) in [7, 11) is 2.01. The summed E-state index contributed by atoms with van der Waals surface area (Å²) in [6.07, 6.45) is 0. The minimum Gasteiger partial charge on any atom is -0.351 e. The Balaban J connectivity index is 0.00000242. The largest absolute Gasteiger partial charge is 0.351 e. The zero-order valence-electron chi connectivity index (χ0n) is 12.5. The van der Waals surface area contributed by atoms with Crippen LogP contribution in [0, 0.1) is 5.82 Å². The van der Waals surface area contributed by atoms with Crippen LogP contribution in [-0.2, 0) is 6.54 Å². The van der Waals surface area contributed by atoms with Gasteiger partial charge in [-0.3, -0.25) is 4.79 Å². The number of carbonyl (C=O) groups excluding carboxylic acids is 1. The Morgan fingerprint density at radius 3 is 2.36 bits per heavy atom. The van der Waals surface area contributed by atoms with E-state index in [0.29, 0.717) is 12.1 Å². The number of benzene rings is 2. The van der Waals surface area contributed by atoms with Gasteiger partial charge in [-0.2, -0.15) is 0 Å². The van der Waals surface area contributed by atoms with Crippen LogP contribution in [0.3, 0.4) is 0 Å². The number of carbonyl (C=O) groups is 1. The monoisotopic (exact) mass is 322 g/mol. The minimum atomic E-state index is -0.339. The van der Waals surface area contributed by atoms with Crippen molar-refractivity contribution >= 4 is 18.3 Å². The second-order valence-electron chi connectivity index (χ2n) is 4.99. The van der Waals surface area contributed by atoms with Crippen LogP contribution in [0.15, 0.2) is 54.6 Å². The van der Waals surface area contributed by atoms with Crippen molar-refractivity contribution in [2.45, 2.75) is 6.54 Å². The van der Waals surface area contributed by atoms with Gasteiger partial charge >= 0.3 is 0 Å². The van der Waals surface area contributed by atoms with Crippen LogP contribution in [0.4, 0.5) is 4.39 Å². The number of hydrogen-bond acceptors (Lipinski definition) is 2. The van der Waals surface area contributed by atoms with Crippen molar-refractivity contribution in [1.82, 2.24) is 10.2 Å². The van der Waals surface area contributed by atoms with E-state index in [-0.39, 0.29) is 24.1 Å². The zero-order chi connectivity index (χ0) is 15.1. The Bertz CT molecular complexity index is 575. The highest BCUT2D eigenvalue weighted by Crippen LogP contribution is 2.03. The lowest BCUT2D eigenvalue weighted by molar-refractivity contribution is 0.0949. The van der Waals surface area contributed by atoms with Crippen LogP contribution >= 0.6 is 12.4 Å². The quantitative estimate of drug-likeness (QED) is 0.886. The van der Waals surface area contributed by atoms with Crippen molar-refractivity contribution in [3.63, 3.8) is 0 Å². The van der Waals surface area contributed by atoms with Gasteiger partial charge in [-0.1, -0.05) is 30.3 Å². The van der Waals surface area contributed by atoms with E-state index < -0.39 is 0 Å². The first-order valence-electron chi connectivity index (χ1n) is 6.91. The fourth-order valence-electron chi connectivity index (χ4n) is 2.04. The maximum Gasteiger partial charge on any atom is 0.251 e. The molecule has 5 heteroatoms. The summed E-state index contributed by atoms with van der Waals surface area (Å²) in [6, 6.07) is 15.7. The standard InChI is InChI=1S/C17H19FN2O.ClH/c1-20(13-14-5-3-2-4-6-14)12-11-19-17(21)15-7-9-16(18)10-8-15;/h2-10H,11-13H2,1H3,(H,19,21);1H. The number of halogens is 2. The first-order chi connectivity index (χ1) is 10.1. The van der Waals surface area contributed by atoms with Gasteiger partial charge in [0.05, 0.1) is 0 Å². The first-order valence-corrected chi connectivity index (χ1v) is 6.91. The van der Waals surface area contributed by atoms with Crippen LogP contribution in [0.25, 0.3) is 0 Å². The third-order valence-electron chi connectivity index (χ3n) is 3.18. The van der Waals surface area contributed by atoms with Gasteiger partial charge in [-0.15, -0.1) is 12.4 Å². The van der Waals surface area contributed by atoms with E-state index in [2.05, 4.69) is 22.3 Å². The van der Waals surface area contributed by atoms with Crippen molar-refractivity contribution < 1.29 is 9.18 Å². The molecule has 22 heavy (non-hydrogen) atoms. The molecule has 0 unspecified atom stereocenters. The van der Waals surface area contributed by atoms with Gasteiger partial charge in [0.1, 0.15) is 5.82 Å². The van der Waals surface area contributed by atoms with Gasteiger partial charge in [-0.05, 0) is 36.9 Å². The van der Waals surface area contributed by atoms with Crippen molar-refractivity contribution in [3.8, 4) is 0 Å². The molecular weight excluding hydrogens is 303 g/mol. The summed E-state index contributed by atoms with van der Waals surface area (Å²) in [6.45, 7) is 2.15. The molecule has 0 heterocycles. The first kappa shape index (κ1) is 18.1. The predicted octanol–water partition coefficient (Wildman–Crippen LogP) is 3.11. The number of nitrogens with zero attached hydrogens (tertiary/aromatic N) is 1. The zero-order valence-corrected chi connectivity index (χ0v) is 13.3. The van der Waals surface area contributed by atoms with Crippen LogP contribution in [0.1, 0.15) is 15.9 Å². The molecule has 0 saturated carbocycles. The topological polar surface area (TPSA) is 32.3 Å². The molecule has 0 atom stereocenters. The third kappa shape index (κ3) is 5.84. The van der Waals surface area contributed by atoms with E-state index in [0.717, 1.165) is 13.1 Å². The number of rotatable bonds is 6. The Morgan fingerprint density at radius 2 is 1.73 bits per heavy atom. The number of hydrogen-bond donors (Lipinski definition) is 1. The molecule has 0 aromatic heterocycles. The molecule has 0 bridgehead atoms. The normalized spacial score (nSPS) is 10.1. The van der Waals surface area contributed by atoms with Gasteiger partial charge in [0.15, 0.2) is 0 Å². The Labute approximate surface area is 136 Å². The predicted molar refractivity (Wildman–Crippen MR) is 88.8 cm³/mol. The summed E-state index contributed by atoms with van der Waals surface area (Å²) in [5, 5.41) is 2.83. The summed E-state index contributed by atoms with van der Waals surface area (Å²) in [4.78, 5) is 14.0. The maximum absolute atomic E-state index is 12.8. The van der Waals surface area contributed by atoms with Gasteiger partial charge < -0.3 is 10.2 Å². The van der Waals surface area contributed by atoms with Gasteiger partial charge in [0.2, 0.25) is 0 Å². The highest BCUT2D eigenvalue weighted by atomic mass is 35.5. The van der Waals surface area contributed by atoms with E-state index >= 15 is 0 Å². The van der Waals surface area contributed by atoms with Crippen LogP contribution in [-0.4, -0.2) is 30.9 Å². The van der Waals surface area contributed by atoms with Crippen molar-refractivity contribution in [2.24, 2.45) is 0 Å². The van der Waals surface area contributed by atoms with Crippen LogP contribution in [0.5, 0.6) is 0 Å². The van der Waals surface area contributed by atoms with Crippen molar-refractivity contribution in [3.05, 3.63) is 71.5 Å². The molecule has 1 N–H and O–H groups in total. The SMILES string of the molecule is CN(CCNC(=O)c1ccc(F)cc1)Cc1ccccc1.Cl. The fourth-order valence-corrected chi connectivity index (χ4v) is 2.04. The maximum atomic E-state index is 12.8. The van der Waals surface area contributed by atoms with E-state index in [1.54, 1.807) is 0 Å². The smallest absolute Gasteiger partial charge is 0.251 e. The lowest BCUT2D eigenvalue weighted by Gasteiger charge is -2.17. The number of likely N-dealkylation sites (N-methyl/N-ethyl adjacent to an activating group) is 1. The third-order valence-corrected chi connectivity index (χ3v) is 3.18. The minimum absolute atomic E-state index is 0. The molecule has 2 aromatic carbocycles. The van der Waals surface area contributed by atoms with Crippen molar-refractivity contribution in [1.29, 1.82) is 0 Å². The van der Waals surface area contributed by atoms with Crippen molar-refractivity contribution in [2.75, 3.05) is 20.1 Å². The molecule has 0 aliphatic carbocycles. The van der Waals surface area contributed by atoms with Gasteiger partial charge in [0, 0.05) is 25.2 Å². The Morgan fingerprint density at radius 1 is 1.09 bits per heavy atom. The molecule has 0 radical (unpaired) electrons. The molecule has 0 saturated heterocycles. The average Bonchev–Trinajstić information content (AvgIpc) is 2.49. The molecule has 0 fully saturated rings. The summed E-state index contributed by atoms with van der Waals surface area (Å²) >= 11 is 0. The molecule has 0 spiro atoms. The van der Waals surface area contributed by atoms with Gasteiger partial charge in [-0.25, -0.2) is 4.39 Å². The summed E-state index contributed by atoms with van der Waals surface area (Å²) < 4.78 is 12.8. The molecule has 2 aromatic rings. The summed E-state index contributed by atoms with van der Waals surface area (Å²) in [5.74, 6) is -0.516. The fraction of sp³-hybridized carbons (Fsp3) is 0.235. The molecule has 0 aliphatic heterocycles. The van der Waals surface area contributed by atoms with Crippen LogP contribution in [0.2, 0.25) is 0 Å². The lowest BCUT2D eigenvalue weighted by Crippen LogP contribution is -2.32. The Hall–Kier alpha value is -1.91. The molecule has 3 nitrogen and oxygen atoms in total. The van der Waals surface area contributed by atoms with Gasteiger partial charge in [0.25, 0.3) is 5.91 Å². The highest BCUT2D eigenvalue weighted by molar-refractivity contribution is 5.94. The molecule has 2 rings (SSSR count). The van der Waals surface area contributed by atoms with E-state index in [1.165, 1.54) is 29.8 Å². The highest BCUT2D eigenvalue weighted by Gasteiger charge is 2.05. The lowest BCUT2D eigenvalue weighted by atomic mass is 10.2. The molecule has 118 valence electrons. The number of nitrogens with one attached hydrogen (secondary N) is 1. The molecule has 0 aliphatic rings. The van der Waals surface area contributed by atoms with E-state index in [9.17, 15) is 9.18 Å². The Kier molecular flexibility index (Phi) is 7.57. The molecular formula is C17H20ClFN2O. The second-order valence-corrected chi connectivity index (χ2v) is 4.99. The number of amides is 1. The van der Waals surface area contributed by atoms with E-state index in [4.69, 9.17) is 0 Å². The van der Waals surface area contributed by atoms with Crippen LogP contribution < -0.4 is 5.32 Å². The molecule has 1 amide bonds. The average molecular weight is 323 g/mol. The summed E-state index contributed by atoms with van der Waals surface area (Å²) in [5.41, 5.74) is 1.71.